The van der Waals surface area contributed by atoms with Crippen LogP contribution in [0.1, 0.15) is 18.2 Å². The highest BCUT2D eigenvalue weighted by molar-refractivity contribution is 5.96. The highest BCUT2D eigenvalue weighted by atomic mass is 35.5. The molecule has 0 aliphatic carbocycles. The number of rotatable bonds is 7. The molecule has 228 valence electrons. The number of hydrogen-bond acceptors (Lipinski definition) is 8. The Bertz CT molecular complexity index is 1440. The number of nitrogens with zero attached hydrogens (tertiary/aromatic N) is 6. The van der Waals surface area contributed by atoms with Crippen LogP contribution in [0.5, 0.6) is 5.75 Å². The van der Waals surface area contributed by atoms with Crippen LogP contribution in [-0.2, 0) is 15.4 Å². The molecule has 1 aromatic carbocycles. The SMILES string of the molecule is CC(=O)N(C(=O)CN)C(Oc1cccn2cc(C)nc12)(c1ccccc1)N1CCN(c2ccncc2)CC1.Cl.Cl.Cl.Cl. The van der Waals surface area contributed by atoms with Gasteiger partial charge in [0.15, 0.2) is 11.4 Å². The van der Waals surface area contributed by atoms with Crippen molar-refractivity contribution in [2.75, 3.05) is 37.6 Å². The van der Waals surface area contributed by atoms with Gasteiger partial charge in [-0.1, -0.05) is 30.3 Å². The fourth-order valence-corrected chi connectivity index (χ4v) is 5.09. The van der Waals surface area contributed by atoms with E-state index in [1.165, 1.54) is 6.92 Å². The van der Waals surface area contributed by atoms with Gasteiger partial charge in [-0.3, -0.25) is 14.6 Å². The lowest BCUT2D eigenvalue weighted by atomic mass is 10.0. The fourth-order valence-electron chi connectivity index (χ4n) is 5.09. The first-order chi connectivity index (χ1) is 18.4. The monoisotopic (exact) mass is 657 g/mol. The maximum atomic E-state index is 13.4. The van der Waals surface area contributed by atoms with Crippen molar-refractivity contribution in [3.05, 3.63) is 90.6 Å². The van der Waals surface area contributed by atoms with Crippen LogP contribution in [0.2, 0.25) is 0 Å². The van der Waals surface area contributed by atoms with Crippen molar-refractivity contribution in [1.82, 2.24) is 24.2 Å². The van der Waals surface area contributed by atoms with Crippen LogP contribution in [0.4, 0.5) is 5.69 Å². The van der Waals surface area contributed by atoms with Crippen molar-refractivity contribution in [1.29, 1.82) is 0 Å². The maximum Gasteiger partial charge on any atom is 0.279 e. The molecule has 1 aliphatic rings. The Labute approximate surface area is 269 Å². The summed E-state index contributed by atoms with van der Waals surface area (Å²) in [5, 5.41) is 0. The summed E-state index contributed by atoms with van der Waals surface area (Å²) in [7, 11) is 0. The maximum absolute atomic E-state index is 13.4. The first kappa shape index (κ1) is 36.9. The van der Waals surface area contributed by atoms with Crippen LogP contribution in [0.25, 0.3) is 5.65 Å². The van der Waals surface area contributed by atoms with Crippen LogP contribution < -0.4 is 15.4 Å². The number of imide groups is 1. The smallest absolute Gasteiger partial charge is 0.279 e. The molecule has 2 N–H and O–H groups in total. The minimum absolute atomic E-state index is 0. The average Bonchev–Trinajstić information content (AvgIpc) is 3.34. The molecule has 2 amide bonds. The van der Waals surface area contributed by atoms with Crippen molar-refractivity contribution < 1.29 is 14.3 Å². The van der Waals surface area contributed by atoms with Gasteiger partial charge in [0.2, 0.25) is 11.8 Å². The topological polar surface area (TPSA) is 109 Å². The lowest BCUT2D eigenvalue weighted by Gasteiger charge is -2.51. The third-order valence-electron chi connectivity index (χ3n) is 6.75. The van der Waals surface area contributed by atoms with Crippen LogP contribution >= 0.6 is 49.6 Å². The normalized spacial score (nSPS) is 14.2. The Morgan fingerprint density at radius 1 is 0.952 bits per heavy atom. The predicted octanol–water partition coefficient (Wildman–Crippen LogP) is 4.07. The van der Waals surface area contributed by atoms with Crippen molar-refractivity contribution in [2.45, 2.75) is 19.7 Å². The molecule has 1 unspecified atom stereocenters. The summed E-state index contributed by atoms with van der Waals surface area (Å²) in [6.45, 7) is 5.24. The number of imidazole rings is 1. The molecule has 14 heteroatoms. The largest absolute Gasteiger partial charge is 0.446 e. The van der Waals surface area contributed by atoms with Crippen LogP contribution in [-0.4, -0.2) is 68.7 Å². The molecule has 0 spiro atoms. The second kappa shape index (κ2) is 15.9. The molecule has 0 saturated carbocycles. The zero-order valence-corrected chi connectivity index (χ0v) is 26.4. The van der Waals surface area contributed by atoms with Gasteiger partial charge in [0.25, 0.3) is 5.85 Å². The number of piperazine rings is 1. The number of fused-ring (bicyclic) bond motifs is 1. The van der Waals surface area contributed by atoms with Gasteiger partial charge >= 0.3 is 0 Å². The van der Waals surface area contributed by atoms with Gasteiger partial charge < -0.3 is 19.8 Å². The quantitative estimate of drug-likeness (QED) is 0.296. The summed E-state index contributed by atoms with van der Waals surface area (Å²) in [4.78, 5) is 40.9. The minimum Gasteiger partial charge on any atom is -0.446 e. The summed E-state index contributed by atoms with van der Waals surface area (Å²) in [5.74, 6) is -2.15. The standard InChI is InChI=1S/C28H31N7O3.4ClH/c1-21-20-33-14-6-9-25(27(33)31-21)38-28(23-7-4-3-5-8-23,35(22(2)36)26(37)19-29)34-17-15-32(16-18-34)24-10-12-30-13-11-24;;;;/h3-14,20H,15-19,29H2,1-2H3;4*1H. The number of aryl methyl sites for hydroxylation is 1. The number of amides is 2. The number of carbonyl (C=O) groups is 2. The first-order valence-corrected chi connectivity index (χ1v) is 12.6. The summed E-state index contributed by atoms with van der Waals surface area (Å²) in [6.07, 6.45) is 7.31. The van der Waals surface area contributed by atoms with E-state index in [4.69, 9.17) is 10.5 Å². The molecule has 4 heterocycles. The predicted molar refractivity (Wildman–Crippen MR) is 172 cm³/mol. The van der Waals surface area contributed by atoms with E-state index < -0.39 is 17.7 Å². The number of aromatic nitrogens is 3. The number of halogens is 4. The number of nitrogens with two attached hydrogens (primary N) is 1. The molecule has 5 rings (SSSR count). The molecule has 1 saturated heterocycles. The van der Waals surface area contributed by atoms with Gasteiger partial charge in [-0.25, -0.2) is 14.8 Å². The molecule has 0 bridgehead atoms. The summed E-state index contributed by atoms with van der Waals surface area (Å²) < 4.78 is 8.75. The van der Waals surface area contributed by atoms with Crippen molar-refractivity contribution in [3.8, 4) is 5.75 Å². The Kier molecular flexibility index (Phi) is 14.0. The van der Waals surface area contributed by atoms with Crippen molar-refractivity contribution in [3.63, 3.8) is 0 Å². The first-order valence-electron chi connectivity index (χ1n) is 12.6. The van der Waals surface area contributed by atoms with E-state index >= 15 is 0 Å². The molecular weight excluding hydrogens is 624 g/mol. The third-order valence-corrected chi connectivity index (χ3v) is 6.75. The third kappa shape index (κ3) is 7.08. The second-order valence-electron chi connectivity index (χ2n) is 9.19. The summed E-state index contributed by atoms with van der Waals surface area (Å²) >= 11 is 0. The number of benzene rings is 1. The van der Waals surface area contributed by atoms with Gasteiger partial charge in [0.1, 0.15) is 0 Å². The lowest BCUT2D eigenvalue weighted by Crippen LogP contribution is -2.68. The molecule has 42 heavy (non-hydrogen) atoms. The Balaban J connectivity index is 0.00000220. The molecule has 0 radical (unpaired) electrons. The lowest BCUT2D eigenvalue weighted by molar-refractivity contribution is -0.210. The molecular formula is C28H35Cl4N7O3. The molecule has 1 fully saturated rings. The van der Waals surface area contributed by atoms with E-state index in [-0.39, 0.29) is 56.2 Å². The van der Waals surface area contributed by atoms with E-state index in [9.17, 15) is 9.59 Å². The number of pyridine rings is 2. The van der Waals surface area contributed by atoms with E-state index in [1.807, 2.05) is 77.1 Å². The Morgan fingerprint density at radius 3 is 2.19 bits per heavy atom. The molecule has 1 atom stereocenters. The molecule has 4 aromatic rings. The average molecular weight is 659 g/mol. The number of carbonyl (C=O) groups excluding carboxylic acids is 2. The minimum atomic E-state index is -1.59. The number of hydrogen-bond donors (Lipinski definition) is 1. The Morgan fingerprint density at radius 2 is 1.60 bits per heavy atom. The molecule has 10 nitrogen and oxygen atoms in total. The van der Waals surface area contributed by atoms with Crippen LogP contribution in [0, 0.1) is 6.92 Å². The zero-order valence-electron chi connectivity index (χ0n) is 23.2. The van der Waals surface area contributed by atoms with E-state index in [0.717, 1.165) is 16.3 Å². The van der Waals surface area contributed by atoms with Gasteiger partial charge in [0.05, 0.1) is 12.2 Å². The summed E-state index contributed by atoms with van der Waals surface area (Å²) in [6, 6.07) is 16.9. The van der Waals surface area contributed by atoms with Crippen molar-refractivity contribution in [2.24, 2.45) is 5.73 Å². The van der Waals surface area contributed by atoms with Crippen molar-refractivity contribution >= 4 is 72.8 Å². The number of ether oxygens (including phenoxy) is 1. The molecule has 3 aromatic heterocycles. The second-order valence-corrected chi connectivity index (χ2v) is 9.19. The van der Waals surface area contributed by atoms with E-state index in [0.29, 0.717) is 43.1 Å². The van der Waals surface area contributed by atoms with Gasteiger partial charge in [-0.05, 0) is 31.2 Å². The highest BCUT2D eigenvalue weighted by Gasteiger charge is 2.52. The van der Waals surface area contributed by atoms with E-state index in [2.05, 4.69) is 14.9 Å². The van der Waals surface area contributed by atoms with Gasteiger partial charge in [-0.2, -0.15) is 0 Å². The van der Waals surface area contributed by atoms with Crippen LogP contribution in [0.15, 0.2) is 79.4 Å². The van der Waals surface area contributed by atoms with Gasteiger partial charge in [-0.15, -0.1) is 49.6 Å². The van der Waals surface area contributed by atoms with Crippen LogP contribution in [0.3, 0.4) is 0 Å². The zero-order chi connectivity index (χ0) is 26.7. The van der Waals surface area contributed by atoms with E-state index in [1.54, 1.807) is 18.5 Å². The molecule has 1 aliphatic heterocycles. The highest BCUT2D eigenvalue weighted by Crippen LogP contribution is 2.38. The number of anilines is 1. The fraction of sp³-hybridized carbons (Fsp3) is 0.286. The Hall–Kier alpha value is -3.12. The summed E-state index contributed by atoms with van der Waals surface area (Å²) in [5.41, 5.74) is 8.96. The van der Waals surface area contributed by atoms with Gasteiger partial charge in [0, 0.05) is 69.1 Å².